The molecular formula is C29H27ClN4O2S2. The van der Waals surface area contributed by atoms with E-state index in [1.54, 1.807) is 0 Å². The fourth-order valence-corrected chi connectivity index (χ4v) is 6.05. The van der Waals surface area contributed by atoms with E-state index in [0.29, 0.717) is 18.1 Å². The molecule has 0 spiro atoms. The number of rotatable bonds is 7. The van der Waals surface area contributed by atoms with Crippen LogP contribution in [0.25, 0.3) is 11.3 Å². The zero-order chi connectivity index (χ0) is 26.5. The Balaban J connectivity index is 1.09. The molecule has 1 aliphatic heterocycles. The second kappa shape index (κ2) is 12.0. The molecule has 0 saturated carbocycles. The van der Waals surface area contributed by atoms with Crippen molar-refractivity contribution in [3.63, 3.8) is 0 Å². The summed E-state index contributed by atoms with van der Waals surface area (Å²) < 4.78 is 0.848. The highest BCUT2D eigenvalue weighted by Gasteiger charge is 2.22. The number of halogens is 1. The monoisotopic (exact) mass is 562 g/mol. The topological polar surface area (TPSA) is 65.5 Å². The highest BCUT2D eigenvalue weighted by atomic mass is 35.5. The van der Waals surface area contributed by atoms with Crippen molar-refractivity contribution in [2.75, 3.05) is 42.1 Å². The smallest absolute Gasteiger partial charge is 0.253 e. The lowest BCUT2D eigenvalue weighted by atomic mass is 10.1. The molecule has 38 heavy (non-hydrogen) atoms. The standard InChI is InChI=1S/C29H27ClN4O2S2/c1-20-3-2-4-22(17-20)28(36)34-15-13-33(14-16-34)25-11-9-24(10-12-25)31-27(35)19-38-29-32-26(18-37-29)21-5-7-23(30)8-6-21/h2-12,17-18H,13-16,19H2,1H3,(H,31,35). The molecule has 0 unspecified atom stereocenters. The van der Waals surface area contributed by atoms with Crippen LogP contribution in [0.3, 0.4) is 0 Å². The average Bonchev–Trinajstić information content (AvgIpc) is 3.42. The van der Waals surface area contributed by atoms with E-state index < -0.39 is 0 Å². The first-order chi connectivity index (χ1) is 18.4. The molecule has 0 bridgehead atoms. The van der Waals surface area contributed by atoms with Gasteiger partial charge in [0.05, 0.1) is 11.4 Å². The quantitative estimate of drug-likeness (QED) is 0.262. The Morgan fingerprint density at radius 1 is 1.00 bits per heavy atom. The molecule has 1 N–H and O–H groups in total. The summed E-state index contributed by atoms with van der Waals surface area (Å²) in [7, 11) is 0. The van der Waals surface area contributed by atoms with Crippen molar-refractivity contribution >= 4 is 57.9 Å². The fraction of sp³-hybridized carbons (Fsp3) is 0.207. The highest BCUT2D eigenvalue weighted by molar-refractivity contribution is 8.01. The van der Waals surface area contributed by atoms with Gasteiger partial charge in [-0.25, -0.2) is 4.98 Å². The van der Waals surface area contributed by atoms with Crippen LogP contribution in [0.5, 0.6) is 0 Å². The van der Waals surface area contributed by atoms with Crippen molar-refractivity contribution in [3.05, 3.63) is 94.3 Å². The van der Waals surface area contributed by atoms with Gasteiger partial charge in [-0.15, -0.1) is 11.3 Å². The van der Waals surface area contributed by atoms with E-state index in [0.717, 1.165) is 51.2 Å². The normalized spacial score (nSPS) is 13.4. The molecule has 9 heteroatoms. The number of thioether (sulfide) groups is 1. The van der Waals surface area contributed by atoms with E-state index in [1.807, 2.05) is 90.0 Å². The number of carbonyl (C=O) groups is 2. The molecule has 1 saturated heterocycles. The lowest BCUT2D eigenvalue weighted by Gasteiger charge is -2.36. The third kappa shape index (κ3) is 6.56. The van der Waals surface area contributed by atoms with E-state index in [9.17, 15) is 9.59 Å². The van der Waals surface area contributed by atoms with Gasteiger partial charge in [0.1, 0.15) is 0 Å². The van der Waals surface area contributed by atoms with Crippen LogP contribution in [-0.2, 0) is 4.79 Å². The van der Waals surface area contributed by atoms with Crippen molar-refractivity contribution < 1.29 is 9.59 Å². The Labute approximate surface area is 235 Å². The van der Waals surface area contributed by atoms with Gasteiger partial charge in [0.15, 0.2) is 4.34 Å². The maximum absolute atomic E-state index is 12.8. The molecule has 0 atom stereocenters. The molecule has 0 radical (unpaired) electrons. The van der Waals surface area contributed by atoms with E-state index in [2.05, 4.69) is 15.2 Å². The lowest BCUT2D eigenvalue weighted by Crippen LogP contribution is -2.48. The third-order valence-electron chi connectivity index (χ3n) is 6.30. The molecule has 1 fully saturated rings. The van der Waals surface area contributed by atoms with Crippen LogP contribution in [0.1, 0.15) is 15.9 Å². The molecule has 4 aromatic rings. The van der Waals surface area contributed by atoms with E-state index in [1.165, 1.54) is 23.1 Å². The maximum atomic E-state index is 12.8. The third-order valence-corrected chi connectivity index (χ3v) is 8.57. The van der Waals surface area contributed by atoms with Gasteiger partial charge in [0.2, 0.25) is 5.91 Å². The minimum Gasteiger partial charge on any atom is -0.368 e. The number of nitrogens with one attached hydrogen (secondary N) is 1. The molecule has 2 amide bonds. The number of hydrogen-bond donors (Lipinski definition) is 1. The summed E-state index contributed by atoms with van der Waals surface area (Å²) in [5.74, 6) is 0.296. The summed E-state index contributed by atoms with van der Waals surface area (Å²) in [6.45, 7) is 4.90. The number of nitrogens with zero attached hydrogens (tertiary/aromatic N) is 3. The number of hydrogen-bond acceptors (Lipinski definition) is 6. The summed E-state index contributed by atoms with van der Waals surface area (Å²) in [4.78, 5) is 34.1. The fourth-order valence-electron chi connectivity index (χ4n) is 4.29. The maximum Gasteiger partial charge on any atom is 0.253 e. The van der Waals surface area contributed by atoms with Crippen LogP contribution in [0.4, 0.5) is 11.4 Å². The molecule has 6 nitrogen and oxygen atoms in total. The van der Waals surface area contributed by atoms with Crippen molar-refractivity contribution in [3.8, 4) is 11.3 Å². The number of benzene rings is 3. The van der Waals surface area contributed by atoms with E-state index >= 15 is 0 Å². The highest BCUT2D eigenvalue weighted by Crippen LogP contribution is 2.29. The van der Waals surface area contributed by atoms with Gasteiger partial charge >= 0.3 is 0 Å². The minimum atomic E-state index is -0.0748. The van der Waals surface area contributed by atoms with Gasteiger partial charge in [0.25, 0.3) is 5.91 Å². The zero-order valence-corrected chi connectivity index (χ0v) is 23.3. The summed E-state index contributed by atoms with van der Waals surface area (Å²) in [6.07, 6.45) is 0. The largest absolute Gasteiger partial charge is 0.368 e. The molecule has 1 aliphatic rings. The molecular weight excluding hydrogens is 536 g/mol. The van der Waals surface area contributed by atoms with Gasteiger partial charge in [0, 0.05) is 59.1 Å². The predicted molar refractivity (Wildman–Crippen MR) is 158 cm³/mol. The van der Waals surface area contributed by atoms with Gasteiger partial charge < -0.3 is 15.1 Å². The molecule has 194 valence electrons. The van der Waals surface area contributed by atoms with Crippen LogP contribution < -0.4 is 10.2 Å². The molecule has 5 rings (SSSR count). The van der Waals surface area contributed by atoms with Crippen molar-refractivity contribution in [1.29, 1.82) is 0 Å². The van der Waals surface area contributed by atoms with Crippen LogP contribution >= 0.6 is 34.7 Å². The number of anilines is 2. The van der Waals surface area contributed by atoms with Crippen LogP contribution in [0, 0.1) is 6.92 Å². The Bertz CT molecular complexity index is 1420. The number of carbonyl (C=O) groups excluding carboxylic acids is 2. The van der Waals surface area contributed by atoms with Gasteiger partial charge in [-0.05, 0) is 55.5 Å². The average molecular weight is 563 g/mol. The van der Waals surface area contributed by atoms with Crippen LogP contribution in [0.15, 0.2) is 82.5 Å². The van der Waals surface area contributed by atoms with Crippen molar-refractivity contribution in [1.82, 2.24) is 9.88 Å². The molecule has 2 heterocycles. The Hall–Kier alpha value is -3.33. The second-order valence-corrected chi connectivity index (χ2v) is 11.6. The number of piperazine rings is 1. The molecule has 3 aromatic carbocycles. The van der Waals surface area contributed by atoms with Gasteiger partial charge in [-0.3, -0.25) is 9.59 Å². The molecule has 1 aromatic heterocycles. The van der Waals surface area contributed by atoms with Crippen LogP contribution in [0.2, 0.25) is 5.02 Å². The Morgan fingerprint density at radius 3 is 2.45 bits per heavy atom. The second-order valence-electron chi connectivity index (χ2n) is 9.04. The predicted octanol–water partition coefficient (Wildman–Crippen LogP) is 6.47. The number of aromatic nitrogens is 1. The van der Waals surface area contributed by atoms with E-state index in [-0.39, 0.29) is 17.6 Å². The van der Waals surface area contributed by atoms with E-state index in [4.69, 9.17) is 11.6 Å². The number of thiazole rings is 1. The first kappa shape index (κ1) is 26.3. The summed E-state index contributed by atoms with van der Waals surface area (Å²) in [6, 6.07) is 23.2. The Morgan fingerprint density at radius 2 is 1.74 bits per heavy atom. The summed E-state index contributed by atoms with van der Waals surface area (Å²) >= 11 is 8.91. The van der Waals surface area contributed by atoms with Gasteiger partial charge in [-0.2, -0.15) is 0 Å². The number of aryl methyl sites for hydroxylation is 1. The summed E-state index contributed by atoms with van der Waals surface area (Å²) in [5.41, 5.74) is 5.55. The minimum absolute atomic E-state index is 0.0748. The first-order valence-electron chi connectivity index (χ1n) is 12.3. The SMILES string of the molecule is Cc1cccc(C(=O)N2CCN(c3ccc(NC(=O)CSc4nc(-c5ccc(Cl)cc5)cs4)cc3)CC2)c1. The van der Waals surface area contributed by atoms with Crippen molar-refractivity contribution in [2.24, 2.45) is 0 Å². The molecule has 0 aliphatic carbocycles. The Kier molecular flexibility index (Phi) is 8.32. The van der Waals surface area contributed by atoms with Crippen molar-refractivity contribution in [2.45, 2.75) is 11.3 Å². The van der Waals surface area contributed by atoms with Gasteiger partial charge in [-0.1, -0.05) is 53.2 Å². The first-order valence-corrected chi connectivity index (χ1v) is 14.5. The summed E-state index contributed by atoms with van der Waals surface area (Å²) in [5, 5.41) is 5.64. The zero-order valence-electron chi connectivity index (χ0n) is 20.9. The van der Waals surface area contributed by atoms with Crippen LogP contribution in [-0.4, -0.2) is 53.6 Å². The lowest BCUT2D eigenvalue weighted by molar-refractivity contribution is -0.113. The number of amides is 2.